The number of esters is 1. The van der Waals surface area contributed by atoms with E-state index < -0.39 is 23.6 Å². The Balaban J connectivity index is 2.39. The molecule has 1 aliphatic rings. The molecule has 6 nitrogen and oxygen atoms in total. The lowest BCUT2D eigenvalue weighted by molar-refractivity contribution is -0.138. The van der Waals surface area contributed by atoms with E-state index in [9.17, 15) is 14.7 Å². The SMILES string of the molecule is CCOC(=O)C1=C(C)NC(=O)NC1C#CC(O)(CC)c1ccccc1. The molecule has 6 heteroatoms. The van der Waals surface area contributed by atoms with E-state index in [0.717, 1.165) is 0 Å². The van der Waals surface area contributed by atoms with Gasteiger partial charge in [-0.1, -0.05) is 49.1 Å². The number of allylic oxidation sites excluding steroid dienone is 1. The van der Waals surface area contributed by atoms with E-state index in [1.54, 1.807) is 26.0 Å². The molecule has 2 atom stereocenters. The average Bonchev–Trinajstić information content (AvgIpc) is 2.60. The number of urea groups is 1. The van der Waals surface area contributed by atoms with Gasteiger partial charge in [0, 0.05) is 5.70 Å². The third-order valence-corrected chi connectivity index (χ3v) is 3.95. The molecule has 0 saturated carbocycles. The van der Waals surface area contributed by atoms with Gasteiger partial charge in [0.2, 0.25) is 0 Å². The van der Waals surface area contributed by atoms with Gasteiger partial charge in [-0.05, 0) is 25.8 Å². The highest BCUT2D eigenvalue weighted by atomic mass is 16.5. The Morgan fingerprint density at radius 1 is 1.32 bits per heavy atom. The molecule has 2 unspecified atom stereocenters. The first-order valence-corrected chi connectivity index (χ1v) is 8.17. The predicted molar refractivity (Wildman–Crippen MR) is 93.2 cm³/mol. The molecule has 0 fully saturated rings. The number of rotatable bonds is 4. The first kappa shape index (κ1) is 18.6. The van der Waals surface area contributed by atoms with Gasteiger partial charge in [-0.3, -0.25) is 0 Å². The van der Waals surface area contributed by atoms with Crippen molar-refractivity contribution in [2.75, 3.05) is 6.61 Å². The Bertz CT molecular complexity index is 746. The van der Waals surface area contributed by atoms with E-state index in [4.69, 9.17) is 4.74 Å². The Morgan fingerprint density at radius 3 is 2.60 bits per heavy atom. The van der Waals surface area contributed by atoms with Crippen LogP contribution in [0.15, 0.2) is 41.6 Å². The van der Waals surface area contributed by atoms with Crippen LogP contribution < -0.4 is 10.6 Å². The van der Waals surface area contributed by atoms with Crippen LogP contribution in [-0.2, 0) is 15.1 Å². The molecule has 1 aromatic carbocycles. The number of benzene rings is 1. The van der Waals surface area contributed by atoms with Crippen molar-refractivity contribution < 1.29 is 19.4 Å². The lowest BCUT2D eigenvalue weighted by Gasteiger charge is -2.25. The zero-order valence-corrected chi connectivity index (χ0v) is 14.6. The third-order valence-electron chi connectivity index (χ3n) is 3.95. The number of ether oxygens (including phenoxy) is 1. The molecule has 132 valence electrons. The van der Waals surface area contributed by atoms with E-state index in [-0.39, 0.29) is 12.2 Å². The van der Waals surface area contributed by atoms with E-state index in [1.165, 1.54) is 0 Å². The number of amides is 2. The van der Waals surface area contributed by atoms with Crippen LogP contribution in [0.4, 0.5) is 4.79 Å². The molecule has 0 aliphatic carbocycles. The summed E-state index contributed by atoms with van der Waals surface area (Å²) in [6, 6.07) is 7.75. The second kappa shape index (κ2) is 7.86. The van der Waals surface area contributed by atoms with Crippen molar-refractivity contribution in [1.29, 1.82) is 0 Å². The van der Waals surface area contributed by atoms with Gasteiger partial charge in [0.1, 0.15) is 6.04 Å². The number of hydrogen-bond acceptors (Lipinski definition) is 4. The van der Waals surface area contributed by atoms with Gasteiger partial charge < -0.3 is 20.5 Å². The molecule has 0 aromatic heterocycles. The standard InChI is InChI=1S/C19H22N2O4/c1-4-19(24,14-9-7-6-8-10-14)12-11-15-16(17(22)25-5-2)13(3)20-18(23)21-15/h6-10,15,24H,4-5H2,1-3H3,(H2,20,21,23). The number of hydrogen-bond donors (Lipinski definition) is 3. The van der Waals surface area contributed by atoms with Crippen molar-refractivity contribution in [2.24, 2.45) is 0 Å². The number of carbonyl (C=O) groups is 2. The molecule has 0 spiro atoms. The van der Waals surface area contributed by atoms with E-state index in [1.807, 2.05) is 25.1 Å². The number of aliphatic hydroxyl groups is 1. The van der Waals surface area contributed by atoms with Crippen LogP contribution in [0.2, 0.25) is 0 Å². The van der Waals surface area contributed by atoms with Gasteiger partial charge in [-0.2, -0.15) is 0 Å². The monoisotopic (exact) mass is 342 g/mol. The molecule has 1 heterocycles. The largest absolute Gasteiger partial charge is 0.462 e. The lowest BCUT2D eigenvalue weighted by Crippen LogP contribution is -2.49. The predicted octanol–water partition coefficient (Wildman–Crippen LogP) is 1.81. The molecule has 2 rings (SSSR count). The van der Waals surface area contributed by atoms with Crippen LogP contribution in [-0.4, -0.2) is 29.8 Å². The highest BCUT2D eigenvalue weighted by Crippen LogP contribution is 2.24. The normalized spacial score (nSPS) is 19.0. The Labute approximate surface area is 147 Å². The van der Waals surface area contributed by atoms with Crippen LogP contribution in [0.5, 0.6) is 0 Å². The van der Waals surface area contributed by atoms with Crippen LogP contribution in [0.25, 0.3) is 0 Å². The Hall–Kier alpha value is -2.78. The van der Waals surface area contributed by atoms with Crippen molar-refractivity contribution in [3.8, 4) is 11.8 Å². The minimum Gasteiger partial charge on any atom is -0.462 e. The van der Waals surface area contributed by atoms with Crippen molar-refractivity contribution >= 4 is 12.0 Å². The number of carbonyl (C=O) groups excluding carboxylic acids is 2. The van der Waals surface area contributed by atoms with Crippen molar-refractivity contribution in [1.82, 2.24) is 10.6 Å². The maximum Gasteiger partial charge on any atom is 0.338 e. The van der Waals surface area contributed by atoms with Gasteiger partial charge in [-0.25, -0.2) is 9.59 Å². The zero-order chi connectivity index (χ0) is 18.4. The topological polar surface area (TPSA) is 87.7 Å². The summed E-state index contributed by atoms with van der Waals surface area (Å²) in [7, 11) is 0. The Morgan fingerprint density at radius 2 is 2.00 bits per heavy atom. The average molecular weight is 342 g/mol. The van der Waals surface area contributed by atoms with Gasteiger partial charge in [-0.15, -0.1) is 0 Å². The number of nitrogens with one attached hydrogen (secondary N) is 2. The van der Waals surface area contributed by atoms with E-state index in [2.05, 4.69) is 22.5 Å². The second-order valence-corrected chi connectivity index (χ2v) is 5.64. The maximum absolute atomic E-state index is 12.2. The minimum atomic E-state index is -1.37. The van der Waals surface area contributed by atoms with Crippen LogP contribution in [0.3, 0.4) is 0 Å². The zero-order valence-electron chi connectivity index (χ0n) is 14.6. The summed E-state index contributed by atoms with van der Waals surface area (Å²) in [6.45, 7) is 5.35. The molecule has 2 amide bonds. The van der Waals surface area contributed by atoms with Gasteiger partial charge in [0.15, 0.2) is 5.60 Å². The van der Waals surface area contributed by atoms with E-state index >= 15 is 0 Å². The van der Waals surface area contributed by atoms with Gasteiger partial charge in [0.05, 0.1) is 12.2 Å². The fourth-order valence-electron chi connectivity index (χ4n) is 2.55. The first-order chi connectivity index (χ1) is 11.9. The fraction of sp³-hybridized carbons (Fsp3) is 0.368. The summed E-state index contributed by atoms with van der Waals surface area (Å²) in [5.41, 5.74) is -0.0878. The van der Waals surface area contributed by atoms with Crippen molar-refractivity contribution in [2.45, 2.75) is 38.8 Å². The van der Waals surface area contributed by atoms with Crippen LogP contribution >= 0.6 is 0 Å². The second-order valence-electron chi connectivity index (χ2n) is 5.64. The smallest absolute Gasteiger partial charge is 0.338 e. The molecular formula is C19H22N2O4. The van der Waals surface area contributed by atoms with Crippen molar-refractivity contribution in [3.63, 3.8) is 0 Å². The molecular weight excluding hydrogens is 320 g/mol. The summed E-state index contributed by atoms with van der Waals surface area (Å²) in [5, 5.41) is 16.0. The summed E-state index contributed by atoms with van der Waals surface area (Å²) in [5.74, 6) is 5.10. The van der Waals surface area contributed by atoms with Gasteiger partial charge >= 0.3 is 12.0 Å². The molecule has 0 bridgehead atoms. The quantitative estimate of drug-likeness (QED) is 0.575. The summed E-state index contributed by atoms with van der Waals surface area (Å²) >= 11 is 0. The van der Waals surface area contributed by atoms with Gasteiger partial charge in [0.25, 0.3) is 0 Å². The molecule has 3 N–H and O–H groups in total. The summed E-state index contributed by atoms with van der Waals surface area (Å²) < 4.78 is 5.04. The highest BCUT2D eigenvalue weighted by Gasteiger charge is 2.31. The highest BCUT2D eigenvalue weighted by molar-refractivity contribution is 5.95. The first-order valence-electron chi connectivity index (χ1n) is 8.17. The minimum absolute atomic E-state index is 0.215. The van der Waals surface area contributed by atoms with E-state index in [0.29, 0.717) is 17.7 Å². The van der Waals surface area contributed by atoms with Crippen LogP contribution in [0, 0.1) is 11.8 Å². The Kier molecular flexibility index (Phi) is 5.84. The summed E-state index contributed by atoms with van der Waals surface area (Å²) in [6.07, 6.45) is 0.361. The lowest BCUT2D eigenvalue weighted by atomic mass is 9.91. The third kappa shape index (κ3) is 4.20. The molecule has 1 aliphatic heterocycles. The van der Waals surface area contributed by atoms with Crippen molar-refractivity contribution in [3.05, 3.63) is 47.2 Å². The maximum atomic E-state index is 12.2. The fourth-order valence-corrected chi connectivity index (χ4v) is 2.55. The molecule has 1 aromatic rings. The summed E-state index contributed by atoms with van der Waals surface area (Å²) in [4.78, 5) is 23.9. The molecule has 25 heavy (non-hydrogen) atoms. The molecule has 0 saturated heterocycles. The molecule has 0 radical (unpaired) electrons. The van der Waals surface area contributed by atoms with Crippen LogP contribution in [0.1, 0.15) is 32.8 Å².